The van der Waals surface area contributed by atoms with Gasteiger partial charge in [0.25, 0.3) is 0 Å². The van der Waals surface area contributed by atoms with E-state index < -0.39 is 0 Å². The van der Waals surface area contributed by atoms with E-state index in [0.717, 1.165) is 21.7 Å². The van der Waals surface area contributed by atoms with Gasteiger partial charge < -0.3 is 0 Å². The highest BCUT2D eigenvalue weighted by Gasteiger charge is 1.94. The molecule has 3 heteroatoms. The number of nitriles is 1. The van der Waals surface area contributed by atoms with Crippen LogP contribution in [0.3, 0.4) is 0 Å². The molecule has 0 aliphatic carbocycles. The van der Waals surface area contributed by atoms with E-state index in [1.165, 1.54) is 0 Å². The summed E-state index contributed by atoms with van der Waals surface area (Å²) in [7, 11) is 0. The molecule has 0 fully saturated rings. The smallest absolute Gasteiger partial charge is 0.0666 e. The van der Waals surface area contributed by atoms with E-state index in [9.17, 15) is 0 Å². The lowest BCUT2D eigenvalue weighted by atomic mass is 10.1. The third-order valence-electron chi connectivity index (χ3n) is 2.06. The fraction of sp³-hybridized carbons (Fsp3) is 0.231. The van der Waals surface area contributed by atoms with E-state index in [0.29, 0.717) is 6.42 Å². The normalized spacial score (nSPS) is 11.8. The molecule has 1 aromatic carbocycles. The molecule has 0 unspecified atom stereocenters. The van der Waals surface area contributed by atoms with Crippen LogP contribution in [-0.4, -0.2) is 6.21 Å². The van der Waals surface area contributed by atoms with Crippen molar-refractivity contribution in [2.24, 2.45) is 4.99 Å². The minimum atomic E-state index is 0.414. The van der Waals surface area contributed by atoms with Gasteiger partial charge in [0.15, 0.2) is 0 Å². The van der Waals surface area contributed by atoms with Crippen molar-refractivity contribution in [3.8, 4) is 6.07 Å². The number of nitrogens with zero attached hydrogens (tertiary/aromatic N) is 2. The Balaban J connectivity index is 2.74. The van der Waals surface area contributed by atoms with Gasteiger partial charge >= 0.3 is 0 Å². The number of allylic oxidation sites excluding steroid dienone is 1. The van der Waals surface area contributed by atoms with Crippen molar-refractivity contribution in [2.45, 2.75) is 20.3 Å². The Morgan fingerprint density at radius 2 is 2.31 bits per heavy atom. The van der Waals surface area contributed by atoms with Gasteiger partial charge in [-0.3, -0.25) is 4.99 Å². The molecular weight excluding hydrogens is 220 g/mol. The van der Waals surface area contributed by atoms with Crippen molar-refractivity contribution in [1.82, 2.24) is 0 Å². The van der Waals surface area contributed by atoms with Crippen LogP contribution >= 0.6 is 11.6 Å². The summed E-state index contributed by atoms with van der Waals surface area (Å²) in [5.41, 5.74) is 2.98. The molecular formula is C13H13ClN2. The number of benzene rings is 1. The highest BCUT2D eigenvalue weighted by atomic mass is 35.5. The molecule has 0 radical (unpaired) electrons. The van der Waals surface area contributed by atoms with E-state index in [2.05, 4.69) is 11.1 Å². The summed E-state index contributed by atoms with van der Waals surface area (Å²) in [5.74, 6) is 0. The Kier molecular flexibility index (Phi) is 4.75. The van der Waals surface area contributed by atoms with Crippen LogP contribution in [0.2, 0.25) is 5.02 Å². The van der Waals surface area contributed by atoms with Gasteiger partial charge in [0.05, 0.1) is 12.5 Å². The average molecular weight is 233 g/mol. The molecule has 0 atom stereocenters. The Morgan fingerprint density at radius 1 is 1.56 bits per heavy atom. The van der Waals surface area contributed by atoms with Crippen LogP contribution in [0, 0.1) is 18.3 Å². The summed E-state index contributed by atoms with van der Waals surface area (Å²) in [4.78, 5) is 4.15. The monoisotopic (exact) mass is 232 g/mol. The fourth-order valence-corrected chi connectivity index (χ4v) is 1.29. The van der Waals surface area contributed by atoms with Gasteiger partial charge in [0.2, 0.25) is 0 Å². The van der Waals surface area contributed by atoms with Gasteiger partial charge in [0.1, 0.15) is 0 Å². The molecule has 0 heterocycles. The maximum absolute atomic E-state index is 8.46. The largest absolute Gasteiger partial charge is 0.264 e. The van der Waals surface area contributed by atoms with Crippen LogP contribution in [0.1, 0.15) is 24.5 Å². The Hall–Kier alpha value is -1.59. The molecule has 0 aliphatic rings. The molecule has 1 aromatic rings. The van der Waals surface area contributed by atoms with Gasteiger partial charge in [-0.15, -0.1) is 0 Å². The lowest BCUT2D eigenvalue weighted by molar-refractivity contribution is 1.19. The number of rotatable bonds is 3. The summed E-state index contributed by atoms with van der Waals surface area (Å²) >= 11 is 5.91. The van der Waals surface area contributed by atoms with Crippen molar-refractivity contribution >= 4 is 17.8 Å². The SMILES string of the molecule is C/C(=C\N=C\c1ccc(Cl)c(C)c1)CC#N. The molecule has 0 aromatic heterocycles. The molecule has 0 saturated carbocycles. The molecule has 0 spiro atoms. The highest BCUT2D eigenvalue weighted by molar-refractivity contribution is 6.31. The fourth-order valence-electron chi connectivity index (χ4n) is 1.17. The molecule has 0 saturated heterocycles. The van der Waals surface area contributed by atoms with Crippen LogP contribution in [0.5, 0.6) is 0 Å². The number of aliphatic imine (C=N–C) groups is 1. The van der Waals surface area contributed by atoms with E-state index >= 15 is 0 Å². The maximum atomic E-state index is 8.46. The van der Waals surface area contributed by atoms with Gasteiger partial charge in [-0.25, -0.2) is 0 Å². The third kappa shape index (κ3) is 3.88. The molecule has 1 rings (SSSR count). The van der Waals surface area contributed by atoms with Crippen LogP contribution in [-0.2, 0) is 0 Å². The molecule has 0 aliphatic heterocycles. The quantitative estimate of drug-likeness (QED) is 0.729. The third-order valence-corrected chi connectivity index (χ3v) is 2.48. The Morgan fingerprint density at radius 3 is 2.94 bits per heavy atom. The standard InChI is InChI=1S/C13H13ClN2/c1-10(5-6-15)8-16-9-12-3-4-13(14)11(2)7-12/h3-4,7-9H,5H2,1-2H3/b10-8+,16-9+. The number of hydrogen-bond donors (Lipinski definition) is 0. The first-order valence-electron chi connectivity index (χ1n) is 4.95. The first kappa shape index (κ1) is 12.5. The highest BCUT2D eigenvalue weighted by Crippen LogP contribution is 2.15. The second-order valence-corrected chi connectivity index (χ2v) is 4.00. The summed E-state index contributed by atoms with van der Waals surface area (Å²) < 4.78 is 0. The number of aryl methyl sites for hydroxylation is 1. The van der Waals surface area contributed by atoms with E-state index in [1.54, 1.807) is 12.4 Å². The minimum absolute atomic E-state index is 0.414. The van der Waals surface area contributed by atoms with Gasteiger partial charge in [-0.2, -0.15) is 5.26 Å². The molecule has 16 heavy (non-hydrogen) atoms. The summed E-state index contributed by atoms with van der Waals surface area (Å²) in [5, 5.41) is 9.22. The minimum Gasteiger partial charge on any atom is -0.264 e. The predicted molar refractivity (Wildman–Crippen MR) is 67.8 cm³/mol. The van der Waals surface area contributed by atoms with Gasteiger partial charge in [0, 0.05) is 17.4 Å². The lowest BCUT2D eigenvalue weighted by Crippen LogP contribution is -1.83. The lowest BCUT2D eigenvalue weighted by Gasteiger charge is -1.98. The maximum Gasteiger partial charge on any atom is 0.0666 e. The zero-order valence-corrected chi connectivity index (χ0v) is 10.1. The second kappa shape index (κ2) is 6.09. The zero-order valence-electron chi connectivity index (χ0n) is 9.37. The van der Waals surface area contributed by atoms with Crippen LogP contribution in [0.4, 0.5) is 0 Å². The summed E-state index contributed by atoms with van der Waals surface area (Å²) in [6.45, 7) is 3.84. The summed E-state index contributed by atoms with van der Waals surface area (Å²) in [6, 6.07) is 7.80. The Labute approximate surface area is 101 Å². The van der Waals surface area contributed by atoms with E-state index in [4.69, 9.17) is 16.9 Å². The zero-order chi connectivity index (χ0) is 12.0. The van der Waals surface area contributed by atoms with Gasteiger partial charge in [-0.1, -0.05) is 17.7 Å². The van der Waals surface area contributed by atoms with E-state index in [1.807, 2.05) is 32.0 Å². The van der Waals surface area contributed by atoms with Crippen molar-refractivity contribution in [2.75, 3.05) is 0 Å². The number of hydrogen-bond acceptors (Lipinski definition) is 2. The summed E-state index contributed by atoms with van der Waals surface area (Å²) in [6.07, 6.45) is 3.87. The molecule has 0 N–H and O–H groups in total. The topological polar surface area (TPSA) is 36.1 Å². The van der Waals surface area contributed by atoms with Crippen molar-refractivity contribution in [3.63, 3.8) is 0 Å². The average Bonchev–Trinajstić information content (AvgIpc) is 2.24. The van der Waals surface area contributed by atoms with Crippen LogP contribution in [0.25, 0.3) is 0 Å². The van der Waals surface area contributed by atoms with Crippen molar-refractivity contribution in [3.05, 3.63) is 46.1 Å². The second-order valence-electron chi connectivity index (χ2n) is 3.60. The first-order chi connectivity index (χ1) is 7.63. The first-order valence-corrected chi connectivity index (χ1v) is 5.33. The molecule has 82 valence electrons. The Bertz CT molecular complexity index is 467. The van der Waals surface area contributed by atoms with Crippen molar-refractivity contribution < 1.29 is 0 Å². The van der Waals surface area contributed by atoms with Crippen LogP contribution in [0.15, 0.2) is 35.0 Å². The van der Waals surface area contributed by atoms with Crippen molar-refractivity contribution in [1.29, 1.82) is 5.26 Å². The predicted octanol–water partition coefficient (Wildman–Crippen LogP) is 3.88. The number of halogens is 1. The molecule has 0 amide bonds. The molecule has 0 bridgehead atoms. The van der Waals surface area contributed by atoms with Gasteiger partial charge in [-0.05, 0) is 42.7 Å². The van der Waals surface area contributed by atoms with E-state index in [-0.39, 0.29) is 0 Å². The molecule has 2 nitrogen and oxygen atoms in total. The van der Waals surface area contributed by atoms with Crippen LogP contribution < -0.4 is 0 Å².